The number of rotatable bonds is 20. The Morgan fingerprint density at radius 2 is 1.76 bits per heavy atom. The molecule has 6 rings (SSSR count). The van der Waals surface area contributed by atoms with Crippen molar-refractivity contribution in [2.24, 2.45) is 16.7 Å². The molecule has 2 fully saturated rings. The summed E-state index contributed by atoms with van der Waals surface area (Å²) in [7, 11) is 0. The number of aryl methyl sites for hydroxylation is 1. The first kappa shape index (κ1) is 49.8. The monoisotopic (exact) mass is 940 g/mol. The lowest BCUT2D eigenvalue weighted by molar-refractivity contribution is -0.164. The summed E-state index contributed by atoms with van der Waals surface area (Å²) < 4.78 is 12.0. The second-order valence-electron chi connectivity index (χ2n) is 18.6. The third-order valence-electron chi connectivity index (χ3n) is 12.5. The minimum Gasteiger partial charge on any atom is -0.489 e. The first-order valence-corrected chi connectivity index (χ1v) is 23.7. The number of thiazole rings is 1. The molecule has 5 N–H and O–H groups in total. The fourth-order valence-corrected chi connectivity index (χ4v) is 10.2. The van der Waals surface area contributed by atoms with Crippen LogP contribution in [0.5, 0.6) is 5.75 Å². The number of hydrogen-bond donors (Lipinski definition) is 5. The highest BCUT2D eigenvalue weighted by Gasteiger charge is 2.64. The van der Waals surface area contributed by atoms with Gasteiger partial charge in [-0.1, -0.05) is 59.2 Å². The maximum absolute atomic E-state index is 13.8. The van der Waals surface area contributed by atoms with E-state index >= 15 is 0 Å². The largest absolute Gasteiger partial charge is 0.489 e. The van der Waals surface area contributed by atoms with Gasteiger partial charge in [0.15, 0.2) is 0 Å². The van der Waals surface area contributed by atoms with Gasteiger partial charge in [0.2, 0.25) is 17.7 Å². The van der Waals surface area contributed by atoms with Gasteiger partial charge in [0.05, 0.1) is 45.0 Å². The van der Waals surface area contributed by atoms with Crippen LogP contribution in [0.2, 0.25) is 5.02 Å². The molecule has 2 aromatic carbocycles. The number of halogens is 1. The third kappa shape index (κ3) is 11.9. The van der Waals surface area contributed by atoms with Gasteiger partial charge in [0.1, 0.15) is 36.6 Å². The second-order valence-corrected chi connectivity index (χ2v) is 19.9. The number of benzene rings is 2. The zero-order valence-corrected chi connectivity index (χ0v) is 40.2. The predicted octanol–water partition coefficient (Wildman–Crippen LogP) is 6.67. The minimum atomic E-state index is -0.904. The molecule has 3 atom stereocenters. The van der Waals surface area contributed by atoms with Crippen LogP contribution in [0.1, 0.15) is 94.5 Å². The number of hydrogen-bond acceptors (Lipinski definition) is 12. The van der Waals surface area contributed by atoms with Gasteiger partial charge in [0.25, 0.3) is 5.91 Å². The highest BCUT2D eigenvalue weighted by Crippen LogP contribution is 2.55. The van der Waals surface area contributed by atoms with E-state index in [1.165, 1.54) is 16.2 Å². The van der Waals surface area contributed by atoms with Gasteiger partial charge in [-0.2, -0.15) is 5.26 Å². The zero-order chi connectivity index (χ0) is 47.8. The molecule has 3 heterocycles. The van der Waals surface area contributed by atoms with E-state index in [9.17, 15) is 29.5 Å². The normalized spacial score (nSPS) is 19.9. The average molecular weight is 942 g/mol. The number of unbranched alkanes of at least 4 members (excludes halogenated alkanes) is 2. The maximum Gasteiger partial charge on any atom is 0.251 e. The maximum atomic E-state index is 13.8. The summed E-state index contributed by atoms with van der Waals surface area (Å²) in [5.41, 5.74) is 5.38. The summed E-state index contributed by atoms with van der Waals surface area (Å²) in [6, 6.07) is 16.3. The van der Waals surface area contributed by atoms with Crippen molar-refractivity contribution in [3.8, 4) is 22.3 Å². The molecule has 0 spiro atoms. The van der Waals surface area contributed by atoms with Crippen LogP contribution in [0.15, 0.2) is 66.3 Å². The van der Waals surface area contributed by atoms with Gasteiger partial charge in [-0.3, -0.25) is 24.2 Å². The number of nitrogens with one attached hydrogen (secondary N) is 4. The number of β-amino-alcohol motifs (C(OH)–C–C–N with tert-alkyl or cyclic N) is 1. The molecular formula is C49H61ClN8O7S. The van der Waals surface area contributed by atoms with Gasteiger partial charge in [0, 0.05) is 72.1 Å². The number of carbonyl (C=O) groups is 4. The van der Waals surface area contributed by atoms with Crippen LogP contribution in [0.3, 0.4) is 0 Å². The van der Waals surface area contributed by atoms with Crippen LogP contribution in [0.25, 0.3) is 10.4 Å². The first-order valence-electron chi connectivity index (χ1n) is 22.4. The number of ether oxygens (including phenoxy) is 2. The highest BCUT2D eigenvalue weighted by atomic mass is 35.5. The van der Waals surface area contributed by atoms with E-state index in [1.54, 1.807) is 42.0 Å². The van der Waals surface area contributed by atoms with Crippen molar-refractivity contribution >= 4 is 52.3 Å². The molecule has 0 bridgehead atoms. The molecule has 1 unspecified atom stereocenters. The molecule has 1 aliphatic carbocycles. The Hall–Kier alpha value is -5.60. The van der Waals surface area contributed by atoms with Crippen molar-refractivity contribution in [1.29, 1.82) is 5.26 Å². The summed E-state index contributed by atoms with van der Waals surface area (Å²) in [6.07, 6.45) is 3.20. The molecule has 1 saturated heterocycles. The fourth-order valence-electron chi connectivity index (χ4n) is 9.20. The fraction of sp³-hybridized carbons (Fsp3) is 0.490. The molecule has 66 heavy (non-hydrogen) atoms. The van der Waals surface area contributed by atoms with E-state index in [-0.39, 0.29) is 60.9 Å². The van der Waals surface area contributed by atoms with E-state index in [0.29, 0.717) is 40.7 Å². The molecule has 2 aliphatic rings. The summed E-state index contributed by atoms with van der Waals surface area (Å²) in [4.78, 5) is 64.5. The summed E-state index contributed by atoms with van der Waals surface area (Å²) in [5.74, 6) is -1.13. The van der Waals surface area contributed by atoms with E-state index in [4.69, 9.17) is 21.1 Å². The lowest BCUT2D eigenvalue weighted by Crippen LogP contribution is -2.74. The minimum absolute atomic E-state index is 0.0130. The lowest BCUT2D eigenvalue weighted by Gasteiger charge is -2.63. The van der Waals surface area contributed by atoms with Crippen LogP contribution >= 0.6 is 22.9 Å². The first-order chi connectivity index (χ1) is 31.4. The van der Waals surface area contributed by atoms with Gasteiger partial charge in [-0.05, 0) is 74.6 Å². The van der Waals surface area contributed by atoms with Crippen molar-refractivity contribution in [2.75, 3.05) is 31.6 Å². The number of aliphatic hydroxyl groups is 1. The van der Waals surface area contributed by atoms with Gasteiger partial charge >= 0.3 is 0 Å². The summed E-state index contributed by atoms with van der Waals surface area (Å²) >= 11 is 7.77. The molecule has 2 aromatic heterocycles. The SMILES string of the molecule is Cc1ncsc1-c1ccc(CNC(=O)[C@@H]2C[C@@H](O)CN2C(=O)C(NC(=O)COCCCCCNc2ccc(C(=O)N[C@H]3C(C)(C)[C@H](Oc4ccc(C#N)c(Cl)c4)C3(C)C)cc2)C(C)C)nc1. The highest BCUT2D eigenvalue weighted by molar-refractivity contribution is 7.13. The number of nitriles is 1. The van der Waals surface area contributed by atoms with Crippen LogP contribution in [0.4, 0.5) is 5.69 Å². The zero-order valence-electron chi connectivity index (χ0n) is 38.7. The Balaban J connectivity index is 0.864. The molecule has 1 aliphatic heterocycles. The quantitative estimate of drug-likeness (QED) is 0.0592. The number of anilines is 1. The number of pyridine rings is 1. The average Bonchev–Trinajstić information content (AvgIpc) is 3.91. The smallest absolute Gasteiger partial charge is 0.251 e. The number of likely N-dealkylation sites (tertiary alicyclic amines) is 1. The van der Waals surface area contributed by atoms with Crippen molar-refractivity contribution in [1.82, 2.24) is 30.8 Å². The number of aromatic nitrogens is 2. The van der Waals surface area contributed by atoms with E-state index < -0.39 is 35.9 Å². The number of amides is 4. The van der Waals surface area contributed by atoms with E-state index in [1.807, 2.05) is 45.0 Å². The molecule has 17 heteroatoms. The van der Waals surface area contributed by atoms with Crippen molar-refractivity contribution in [2.45, 2.75) is 111 Å². The van der Waals surface area contributed by atoms with Crippen LogP contribution in [-0.4, -0.2) is 100 Å². The third-order valence-corrected chi connectivity index (χ3v) is 13.8. The second kappa shape index (κ2) is 21.8. The molecule has 4 amide bonds. The van der Waals surface area contributed by atoms with Crippen LogP contribution in [-0.2, 0) is 25.7 Å². The molecule has 15 nitrogen and oxygen atoms in total. The summed E-state index contributed by atoms with van der Waals surface area (Å²) in [6.45, 7) is 14.8. The molecule has 0 radical (unpaired) electrons. The molecule has 4 aromatic rings. The molecule has 1 saturated carbocycles. The van der Waals surface area contributed by atoms with Crippen molar-refractivity contribution in [3.05, 3.63) is 93.8 Å². The Bertz CT molecular complexity index is 2370. The van der Waals surface area contributed by atoms with Gasteiger partial charge < -0.3 is 40.7 Å². The molecular weight excluding hydrogens is 880 g/mol. The van der Waals surface area contributed by atoms with Crippen LogP contribution < -0.4 is 26.0 Å². The van der Waals surface area contributed by atoms with Crippen molar-refractivity contribution in [3.63, 3.8) is 0 Å². The topological polar surface area (TPSA) is 208 Å². The Kier molecular flexibility index (Phi) is 16.5. The Labute approximate surface area is 396 Å². The molecule has 352 valence electrons. The summed E-state index contributed by atoms with van der Waals surface area (Å²) in [5, 5.41) is 32.3. The number of nitrogens with zero attached hydrogens (tertiary/aromatic N) is 4. The van der Waals surface area contributed by atoms with Crippen LogP contribution in [0, 0.1) is 35.0 Å². The van der Waals surface area contributed by atoms with Crippen molar-refractivity contribution < 1.29 is 33.8 Å². The van der Waals surface area contributed by atoms with E-state index in [2.05, 4.69) is 65.0 Å². The van der Waals surface area contributed by atoms with Gasteiger partial charge in [-0.15, -0.1) is 11.3 Å². The Morgan fingerprint density at radius 3 is 2.39 bits per heavy atom. The number of carbonyl (C=O) groups excluding carboxylic acids is 4. The van der Waals surface area contributed by atoms with E-state index in [0.717, 1.165) is 41.1 Å². The standard InChI is InChI=1S/C49H61ClN8O7S/c1-29(2)41(45(63)58-26-36(59)21-39(58)44(62)54-25-35-17-13-33(24-53-35)42-30(3)55-28-66-42)56-40(60)27-64-20-10-8-9-19-52-34-15-11-31(12-16-34)43(61)57-46-48(4,5)47(49(46,6)7)65-37-18-14-32(23-51)38(50)22-37/h11-18,22,24,28-29,36,39,41,46-47,52,59H,8-10,19-21,25-27H2,1-7H3,(H,54,62)(H,56,60)(H,57,61)/t36-,39+,41?,46-,47-/m1/s1. The lowest BCUT2D eigenvalue weighted by atomic mass is 9.49. The predicted molar refractivity (Wildman–Crippen MR) is 254 cm³/mol. The number of aliphatic hydroxyl groups excluding tert-OH is 1. The van der Waals surface area contributed by atoms with Gasteiger partial charge in [-0.25, -0.2) is 4.98 Å². The Morgan fingerprint density at radius 1 is 1.02 bits per heavy atom.